The fourth-order valence-corrected chi connectivity index (χ4v) is 2.60. The topological polar surface area (TPSA) is 49.8 Å². The van der Waals surface area contributed by atoms with E-state index in [1.54, 1.807) is 43.3 Å². The van der Waals surface area contributed by atoms with Crippen LogP contribution >= 0.6 is 0 Å². The molecule has 6 heteroatoms. The van der Waals surface area contributed by atoms with Gasteiger partial charge in [0.25, 0.3) is 0 Å². The molecule has 0 radical (unpaired) electrons. The number of halogens is 2. The molecule has 4 nitrogen and oxygen atoms in total. The fourth-order valence-electron chi connectivity index (χ4n) is 2.60. The van der Waals surface area contributed by atoms with Gasteiger partial charge in [-0.25, -0.2) is 18.7 Å². The van der Waals surface area contributed by atoms with Crippen LogP contribution in [0.3, 0.4) is 0 Å². The Morgan fingerprint density at radius 2 is 1.38 bits per heavy atom. The van der Waals surface area contributed by atoms with Gasteiger partial charge in [0.1, 0.15) is 29.1 Å². The lowest BCUT2D eigenvalue weighted by Crippen LogP contribution is -2.10. The number of nitrogens with one attached hydrogen (secondary N) is 2. The maximum atomic E-state index is 13.7. The van der Waals surface area contributed by atoms with Gasteiger partial charge in [-0.05, 0) is 31.0 Å². The highest BCUT2D eigenvalue weighted by molar-refractivity contribution is 5.48. The molecule has 0 saturated heterocycles. The van der Waals surface area contributed by atoms with Crippen molar-refractivity contribution in [2.24, 2.45) is 0 Å². The van der Waals surface area contributed by atoms with E-state index in [0.717, 1.165) is 0 Å². The molecule has 1 heterocycles. The summed E-state index contributed by atoms with van der Waals surface area (Å²) in [4.78, 5) is 8.64. The largest absolute Gasteiger partial charge is 0.370 e. The molecule has 0 spiro atoms. The van der Waals surface area contributed by atoms with Crippen molar-refractivity contribution in [2.75, 3.05) is 17.2 Å². The van der Waals surface area contributed by atoms with E-state index in [4.69, 9.17) is 0 Å². The average molecular weight is 354 g/mol. The molecule has 3 rings (SSSR count). The van der Waals surface area contributed by atoms with Gasteiger partial charge in [0.2, 0.25) is 0 Å². The van der Waals surface area contributed by atoms with Crippen molar-refractivity contribution in [2.45, 2.75) is 19.9 Å². The molecule has 0 aliphatic rings. The monoisotopic (exact) mass is 354 g/mol. The van der Waals surface area contributed by atoms with Crippen LogP contribution in [0.5, 0.6) is 0 Å². The molecule has 134 valence electrons. The predicted octanol–water partition coefficient (Wildman–Crippen LogP) is 4.33. The van der Waals surface area contributed by atoms with E-state index in [-0.39, 0.29) is 11.6 Å². The van der Waals surface area contributed by atoms with E-state index in [1.165, 1.54) is 12.1 Å². The van der Waals surface area contributed by atoms with E-state index in [2.05, 4.69) is 20.6 Å². The van der Waals surface area contributed by atoms with Crippen molar-refractivity contribution in [3.05, 3.63) is 83.2 Å². The summed E-state index contributed by atoms with van der Waals surface area (Å²) in [5.41, 5.74) is 1.22. The number of nitrogens with zero attached hydrogens (tertiary/aromatic N) is 2. The maximum Gasteiger partial charge on any atom is 0.132 e. The Hall–Kier alpha value is -3.02. The highest BCUT2D eigenvalue weighted by atomic mass is 19.1. The molecule has 3 aromatic rings. The minimum Gasteiger partial charge on any atom is -0.370 e. The van der Waals surface area contributed by atoms with Crippen LogP contribution in [0.2, 0.25) is 0 Å². The molecular formula is C20H20F2N4. The zero-order chi connectivity index (χ0) is 18.4. The van der Waals surface area contributed by atoms with E-state index in [9.17, 15) is 8.78 Å². The van der Waals surface area contributed by atoms with E-state index < -0.39 is 0 Å². The lowest BCUT2D eigenvalue weighted by atomic mass is 10.1. The summed E-state index contributed by atoms with van der Waals surface area (Å²) < 4.78 is 27.3. The van der Waals surface area contributed by atoms with Gasteiger partial charge >= 0.3 is 0 Å². The SMILES string of the molecule is Cc1nc(NCCc2ccccc2F)cc(NCc2ccccc2F)n1. The maximum absolute atomic E-state index is 13.7. The van der Waals surface area contributed by atoms with Gasteiger partial charge in [-0.1, -0.05) is 36.4 Å². The fraction of sp³-hybridized carbons (Fsp3) is 0.200. The van der Waals surface area contributed by atoms with E-state index in [0.29, 0.717) is 48.1 Å². The number of aromatic nitrogens is 2. The van der Waals surface area contributed by atoms with Crippen LogP contribution in [0.15, 0.2) is 54.6 Å². The van der Waals surface area contributed by atoms with E-state index >= 15 is 0 Å². The number of rotatable bonds is 7. The molecule has 0 fully saturated rings. The van der Waals surface area contributed by atoms with Crippen molar-refractivity contribution in [3.8, 4) is 0 Å². The lowest BCUT2D eigenvalue weighted by molar-refractivity contribution is 0.610. The summed E-state index contributed by atoms with van der Waals surface area (Å²) in [6.45, 7) is 2.66. The van der Waals surface area contributed by atoms with Crippen molar-refractivity contribution in [1.29, 1.82) is 0 Å². The molecule has 2 N–H and O–H groups in total. The van der Waals surface area contributed by atoms with Gasteiger partial charge in [-0.15, -0.1) is 0 Å². The quantitative estimate of drug-likeness (QED) is 0.663. The zero-order valence-electron chi connectivity index (χ0n) is 14.5. The summed E-state index contributed by atoms with van der Waals surface area (Å²) in [5, 5.41) is 6.29. The van der Waals surface area contributed by atoms with Gasteiger partial charge in [0.15, 0.2) is 0 Å². The molecule has 0 bridgehead atoms. The number of hydrogen-bond acceptors (Lipinski definition) is 4. The van der Waals surface area contributed by atoms with Crippen molar-refractivity contribution in [3.63, 3.8) is 0 Å². The zero-order valence-corrected chi connectivity index (χ0v) is 14.5. The first kappa shape index (κ1) is 17.8. The summed E-state index contributed by atoms with van der Waals surface area (Å²) >= 11 is 0. The summed E-state index contributed by atoms with van der Waals surface area (Å²) in [7, 11) is 0. The third kappa shape index (κ3) is 4.75. The van der Waals surface area contributed by atoms with Crippen LogP contribution in [0, 0.1) is 18.6 Å². The van der Waals surface area contributed by atoms with Crippen LogP contribution in [0.1, 0.15) is 17.0 Å². The Bertz CT molecular complexity index is 883. The summed E-state index contributed by atoms with van der Waals surface area (Å²) in [6, 6.07) is 15.1. The summed E-state index contributed by atoms with van der Waals surface area (Å²) in [6.07, 6.45) is 0.549. The Labute approximate surface area is 151 Å². The molecule has 0 aliphatic heterocycles. The van der Waals surface area contributed by atoms with Crippen molar-refractivity contribution >= 4 is 11.6 Å². The lowest BCUT2D eigenvalue weighted by Gasteiger charge is -2.11. The van der Waals surface area contributed by atoms with Crippen molar-refractivity contribution in [1.82, 2.24) is 9.97 Å². The molecule has 0 saturated carbocycles. The first-order chi connectivity index (χ1) is 12.6. The Morgan fingerprint density at radius 1 is 0.808 bits per heavy atom. The molecule has 2 aromatic carbocycles. The highest BCUT2D eigenvalue weighted by Gasteiger charge is 2.05. The molecule has 0 atom stereocenters. The number of hydrogen-bond donors (Lipinski definition) is 2. The highest BCUT2D eigenvalue weighted by Crippen LogP contribution is 2.14. The van der Waals surface area contributed by atoms with E-state index in [1.807, 2.05) is 6.07 Å². The second-order valence-corrected chi connectivity index (χ2v) is 5.90. The molecule has 0 amide bonds. The summed E-state index contributed by atoms with van der Waals surface area (Å²) in [5.74, 6) is 1.38. The minimum atomic E-state index is -0.256. The smallest absolute Gasteiger partial charge is 0.132 e. The van der Waals surface area contributed by atoms with Gasteiger partial charge < -0.3 is 10.6 Å². The van der Waals surface area contributed by atoms with Crippen LogP contribution in [-0.2, 0) is 13.0 Å². The molecular weight excluding hydrogens is 334 g/mol. The Balaban J connectivity index is 1.60. The van der Waals surface area contributed by atoms with Crippen molar-refractivity contribution < 1.29 is 8.78 Å². The number of benzene rings is 2. The van der Waals surface area contributed by atoms with Crippen LogP contribution in [0.25, 0.3) is 0 Å². The predicted molar refractivity (Wildman–Crippen MR) is 99.1 cm³/mol. The molecule has 1 aromatic heterocycles. The number of aryl methyl sites for hydroxylation is 1. The molecule has 26 heavy (non-hydrogen) atoms. The van der Waals surface area contributed by atoms with Gasteiger partial charge in [-0.2, -0.15) is 0 Å². The first-order valence-corrected chi connectivity index (χ1v) is 8.42. The standard InChI is InChI=1S/C20H20F2N4/c1-14-25-19(23-11-10-15-6-2-4-8-17(15)21)12-20(26-14)24-13-16-7-3-5-9-18(16)22/h2-9,12H,10-11,13H2,1H3,(H2,23,24,25,26). The molecule has 0 aliphatic carbocycles. The van der Waals surface area contributed by atoms with Crippen LogP contribution < -0.4 is 10.6 Å². The number of anilines is 2. The average Bonchev–Trinajstić information content (AvgIpc) is 2.62. The Morgan fingerprint density at radius 3 is 2.04 bits per heavy atom. The second kappa shape index (κ2) is 8.38. The minimum absolute atomic E-state index is 0.208. The van der Waals surface area contributed by atoms with Gasteiger partial charge in [-0.3, -0.25) is 0 Å². The molecule has 0 unspecified atom stereocenters. The van der Waals surface area contributed by atoms with Crippen LogP contribution in [-0.4, -0.2) is 16.5 Å². The third-order valence-electron chi connectivity index (χ3n) is 3.91. The third-order valence-corrected chi connectivity index (χ3v) is 3.91. The van der Waals surface area contributed by atoms with Crippen LogP contribution in [0.4, 0.5) is 20.4 Å². The van der Waals surface area contributed by atoms with Gasteiger partial charge in [0, 0.05) is 24.7 Å². The normalized spacial score (nSPS) is 10.6. The first-order valence-electron chi connectivity index (χ1n) is 8.42. The Kier molecular flexibility index (Phi) is 5.73. The second-order valence-electron chi connectivity index (χ2n) is 5.90. The van der Waals surface area contributed by atoms with Gasteiger partial charge in [0.05, 0.1) is 0 Å².